The number of hydrogen-bond acceptors (Lipinski definition) is 2. The van der Waals surface area contributed by atoms with E-state index in [0.29, 0.717) is 17.4 Å². The van der Waals surface area contributed by atoms with Gasteiger partial charge in [-0.05, 0) is 25.8 Å². The van der Waals surface area contributed by atoms with Crippen molar-refractivity contribution in [3.63, 3.8) is 0 Å². The van der Waals surface area contributed by atoms with Gasteiger partial charge in [-0.1, -0.05) is 28.8 Å². The van der Waals surface area contributed by atoms with Gasteiger partial charge in [0, 0.05) is 17.9 Å². The number of amides is 1. The lowest BCUT2D eigenvalue weighted by molar-refractivity contribution is 0.0694. The summed E-state index contributed by atoms with van der Waals surface area (Å²) < 4.78 is 5.22. The third-order valence-corrected chi connectivity index (χ3v) is 3.80. The van der Waals surface area contributed by atoms with Gasteiger partial charge in [0.05, 0.1) is 11.8 Å². The third kappa shape index (κ3) is 2.73. The second-order valence-electron chi connectivity index (χ2n) is 4.52. The Balaban J connectivity index is 2.15. The van der Waals surface area contributed by atoms with Gasteiger partial charge in [-0.2, -0.15) is 0 Å². The molecule has 0 saturated heterocycles. The Bertz CT molecular complexity index is 383. The molecule has 0 radical (unpaired) electrons. The zero-order valence-electron chi connectivity index (χ0n) is 10.1. The van der Waals surface area contributed by atoms with E-state index < -0.39 is 0 Å². The van der Waals surface area contributed by atoms with E-state index in [1.807, 2.05) is 11.8 Å². The predicted octanol–water partition coefficient (Wildman–Crippen LogP) is 3.37. The van der Waals surface area contributed by atoms with E-state index >= 15 is 0 Å². The molecule has 0 bridgehead atoms. The predicted molar refractivity (Wildman–Crippen MR) is 70.5 cm³/mol. The minimum atomic E-state index is 0.114. The Hall–Kier alpha value is -0.770. The standard InChI is InChI=1S/C13H18BrNO2/c1-10-12(6-9-17-10)13(16)15(8-7-14)11-4-2-3-5-11/h6,9,11H,2-5,7-8H2,1H3. The molecule has 1 aromatic heterocycles. The molecule has 2 rings (SSSR count). The van der Waals surface area contributed by atoms with E-state index in [9.17, 15) is 4.79 Å². The molecule has 0 atom stereocenters. The Kier molecular flexibility index (Phi) is 4.26. The van der Waals surface area contributed by atoms with Gasteiger partial charge in [0.1, 0.15) is 5.76 Å². The van der Waals surface area contributed by atoms with Crippen LogP contribution in [0.15, 0.2) is 16.7 Å². The first kappa shape index (κ1) is 12.7. The largest absolute Gasteiger partial charge is 0.469 e. The number of aryl methyl sites for hydroxylation is 1. The average Bonchev–Trinajstić information content (AvgIpc) is 2.95. The summed E-state index contributed by atoms with van der Waals surface area (Å²) >= 11 is 3.43. The summed E-state index contributed by atoms with van der Waals surface area (Å²) in [6, 6.07) is 2.18. The molecule has 94 valence electrons. The Morgan fingerprint density at radius 2 is 2.24 bits per heavy atom. The zero-order chi connectivity index (χ0) is 12.3. The first-order valence-electron chi connectivity index (χ1n) is 6.15. The molecule has 0 unspecified atom stereocenters. The molecule has 1 aromatic rings. The van der Waals surface area contributed by atoms with Crippen LogP contribution < -0.4 is 0 Å². The smallest absolute Gasteiger partial charge is 0.257 e. The third-order valence-electron chi connectivity index (χ3n) is 3.44. The number of carbonyl (C=O) groups excluding carboxylic acids is 1. The number of hydrogen-bond donors (Lipinski definition) is 0. The van der Waals surface area contributed by atoms with Crippen LogP contribution in [0.1, 0.15) is 41.8 Å². The lowest BCUT2D eigenvalue weighted by Crippen LogP contribution is -2.40. The first-order valence-corrected chi connectivity index (χ1v) is 7.27. The molecule has 1 amide bonds. The molecule has 0 N–H and O–H groups in total. The maximum absolute atomic E-state index is 12.4. The van der Waals surface area contributed by atoms with Crippen LogP contribution in [0.25, 0.3) is 0 Å². The maximum atomic E-state index is 12.4. The number of carbonyl (C=O) groups is 1. The van der Waals surface area contributed by atoms with Gasteiger partial charge in [-0.3, -0.25) is 4.79 Å². The summed E-state index contributed by atoms with van der Waals surface area (Å²) in [5, 5.41) is 0.826. The van der Waals surface area contributed by atoms with E-state index in [0.717, 1.165) is 24.7 Å². The number of halogens is 1. The Morgan fingerprint density at radius 3 is 2.76 bits per heavy atom. The summed E-state index contributed by atoms with van der Waals surface area (Å²) in [4.78, 5) is 14.4. The SMILES string of the molecule is Cc1occc1C(=O)N(CCBr)C1CCCC1. The van der Waals surface area contributed by atoms with Crippen molar-refractivity contribution in [3.05, 3.63) is 23.7 Å². The molecule has 1 aliphatic rings. The molecule has 17 heavy (non-hydrogen) atoms. The molecule has 0 aliphatic heterocycles. The fraction of sp³-hybridized carbons (Fsp3) is 0.615. The lowest BCUT2D eigenvalue weighted by atomic mass is 10.1. The molecule has 4 heteroatoms. The lowest BCUT2D eigenvalue weighted by Gasteiger charge is -2.28. The number of furan rings is 1. The van der Waals surface area contributed by atoms with E-state index in [1.165, 1.54) is 12.8 Å². The fourth-order valence-electron chi connectivity index (χ4n) is 2.52. The van der Waals surface area contributed by atoms with Crippen LogP contribution in [0.5, 0.6) is 0 Å². The molecule has 1 aliphatic carbocycles. The van der Waals surface area contributed by atoms with Crippen LogP contribution in [0.4, 0.5) is 0 Å². The van der Waals surface area contributed by atoms with Crippen LogP contribution in [0, 0.1) is 6.92 Å². The van der Waals surface area contributed by atoms with Crippen molar-refractivity contribution >= 4 is 21.8 Å². The van der Waals surface area contributed by atoms with Crippen molar-refractivity contribution in [2.24, 2.45) is 0 Å². The number of alkyl halides is 1. The highest BCUT2D eigenvalue weighted by atomic mass is 79.9. The second-order valence-corrected chi connectivity index (χ2v) is 5.31. The zero-order valence-corrected chi connectivity index (χ0v) is 11.7. The average molecular weight is 300 g/mol. The van der Waals surface area contributed by atoms with Crippen molar-refractivity contribution in [2.75, 3.05) is 11.9 Å². The molecule has 0 aromatic carbocycles. The van der Waals surface area contributed by atoms with Crippen molar-refractivity contribution in [3.8, 4) is 0 Å². The Labute approximate surface area is 110 Å². The highest BCUT2D eigenvalue weighted by Crippen LogP contribution is 2.25. The van der Waals surface area contributed by atoms with E-state index in [4.69, 9.17) is 4.42 Å². The normalized spacial score (nSPS) is 16.4. The van der Waals surface area contributed by atoms with Crippen LogP contribution in [0.2, 0.25) is 0 Å². The summed E-state index contributed by atoms with van der Waals surface area (Å²) in [6.07, 6.45) is 6.33. The summed E-state index contributed by atoms with van der Waals surface area (Å²) in [5.41, 5.74) is 0.706. The summed E-state index contributed by atoms with van der Waals surface area (Å²) in [6.45, 7) is 2.61. The molecule has 1 fully saturated rings. The van der Waals surface area contributed by atoms with Gasteiger partial charge in [-0.15, -0.1) is 0 Å². The molecule has 1 saturated carbocycles. The minimum absolute atomic E-state index is 0.114. The fourth-order valence-corrected chi connectivity index (χ4v) is 2.90. The summed E-state index contributed by atoms with van der Waals surface area (Å²) in [7, 11) is 0. The van der Waals surface area contributed by atoms with Crippen molar-refractivity contribution < 1.29 is 9.21 Å². The van der Waals surface area contributed by atoms with Crippen molar-refractivity contribution in [1.82, 2.24) is 4.90 Å². The Morgan fingerprint density at radius 1 is 1.53 bits per heavy atom. The maximum Gasteiger partial charge on any atom is 0.257 e. The highest BCUT2D eigenvalue weighted by molar-refractivity contribution is 9.09. The minimum Gasteiger partial charge on any atom is -0.469 e. The topological polar surface area (TPSA) is 33.5 Å². The number of nitrogens with zero attached hydrogens (tertiary/aromatic N) is 1. The van der Waals surface area contributed by atoms with Crippen molar-refractivity contribution in [1.29, 1.82) is 0 Å². The van der Waals surface area contributed by atoms with Gasteiger partial charge in [0.2, 0.25) is 0 Å². The summed E-state index contributed by atoms with van der Waals surface area (Å²) in [5.74, 6) is 0.829. The first-order chi connectivity index (χ1) is 8.24. The highest BCUT2D eigenvalue weighted by Gasteiger charge is 2.28. The van der Waals surface area contributed by atoms with E-state index in [-0.39, 0.29) is 5.91 Å². The van der Waals surface area contributed by atoms with Crippen LogP contribution in [-0.4, -0.2) is 28.7 Å². The van der Waals surface area contributed by atoms with E-state index in [1.54, 1.807) is 12.3 Å². The van der Waals surface area contributed by atoms with Gasteiger partial charge in [-0.25, -0.2) is 0 Å². The van der Waals surface area contributed by atoms with E-state index in [2.05, 4.69) is 15.9 Å². The molecule has 1 heterocycles. The molecular weight excluding hydrogens is 282 g/mol. The number of rotatable bonds is 4. The van der Waals surface area contributed by atoms with Crippen LogP contribution in [-0.2, 0) is 0 Å². The van der Waals surface area contributed by atoms with Gasteiger partial charge in [0.15, 0.2) is 0 Å². The second kappa shape index (κ2) is 5.71. The van der Waals surface area contributed by atoms with Crippen molar-refractivity contribution in [2.45, 2.75) is 38.6 Å². The quantitative estimate of drug-likeness (QED) is 0.799. The van der Waals surface area contributed by atoms with Gasteiger partial charge < -0.3 is 9.32 Å². The van der Waals surface area contributed by atoms with Gasteiger partial charge >= 0.3 is 0 Å². The molecule has 3 nitrogen and oxygen atoms in total. The molecular formula is C13H18BrNO2. The van der Waals surface area contributed by atoms with Crippen LogP contribution in [0.3, 0.4) is 0 Å². The monoisotopic (exact) mass is 299 g/mol. The van der Waals surface area contributed by atoms with Gasteiger partial charge in [0.25, 0.3) is 5.91 Å². The van der Waals surface area contributed by atoms with Crippen LogP contribution >= 0.6 is 15.9 Å². The molecule has 0 spiro atoms.